The number of ether oxygens (including phenoxy) is 2. The standard InChI is InChI=1S/C34H43ClN4O7S/c1-23-20-39(24(2)22-40)34(42)30-19-28(37-47(43,44)29-11-8-27(35)9-12-29)10-13-31(30)46-25(3)7-5-6-18-45-32(23)21-38(4)33(41)26-14-16-36-17-15-26/h8-17,19,23-25,32,37,40H,5-7,18,20-22H2,1-4H3/t23-,24+,25-,32-/m0/s1. The summed E-state index contributed by atoms with van der Waals surface area (Å²) < 4.78 is 41.5. The second kappa shape index (κ2) is 16.4. The molecule has 2 aromatic carbocycles. The van der Waals surface area contributed by atoms with Gasteiger partial charge in [0.2, 0.25) is 0 Å². The van der Waals surface area contributed by atoms with Crippen LogP contribution in [0.15, 0.2) is 71.9 Å². The number of halogens is 1. The quantitative estimate of drug-likeness (QED) is 0.334. The normalized spacial score (nSPS) is 20.3. The first-order chi connectivity index (χ1) is 22.4. The molecule has 1 aromatic heterocycles. The van der Waals surface area contributed by atoms with Crippen molar-refractivity contribution in [1.82, 2.24) is 14.8 Å². The molecule has 1 aliphatic rings. The van der Waals surface area contributed by atoms with Crippen LogP contribution in [0.3, 0.4) is 0 Å². The molecule has 4 rings (SSSR count). The summed E-state index contributed by atoms with van der Waals surface area (Å²) in [7, 11) is -2.28. The van der Waals surface area contributed by atoms with Gasteiger partial charge in [0.15, 0.2) is 0 Å². The molecule has 1 aliphatic heterocycles. The molecule has 0 saturated heterocycles. The number of nitrogens with one attached hydrogen (secondary N) is 1. The molecular formula is C34H43ClN4O7S. The molecule has 0 saturated carbocycles. The van der Waals surface area contributed by atoms with Crippen LogP contribution in [0.2, 0.25) is 5.02 Å². The maximum absolute atomic E-state index is 14.3. The van der Waals surface area contributed by atoms with E-state index >= 15 is 0 Å². The lowest BCUT2D eigenvalue weighted by molar-refractivity contribution is -0.0149. The Morgan fingerprint density at radius 1 is 1.13 bits per heavy atom. The lowest BCUT2D eigenvalue weighted by Gasteiger charge is -2.36. The fourth-order valence-corrected chi connectivity index (χ4v) is 6.52. The van der Waals surface area contributed by atoms with Gasteiger partial charge in [-0.05, 0) is 87.7 Å². The van der Waals surface area contributed by atoms with Crippen LogP contribution >= 0.6 is 11.6 Å². The summed E-state index contributed by atoms with van der Waals surface area (Å²) in [6, 6.07) is 13.1. The Balaban J connectivity index is 1.66. The summed E-state index contributed by atoms with van der Waals surface area (Å²) >= 11 is 5.94. The van der Waals surface area contributed by atoms with Gasteiger partial charge in [0.25, 0.3) is 21.8 Å². The topological polar surface area (TPSA) is 138 Å². The monoisotopic (exact) mass is 686 g/mol. The number of likely N-dealkylation sites (N-methyl/N-ethyl adjacent to an activating group) is 1. The van der Waals surface area contributed by atoms with Gasteiger partial charge in [0, 0.05) is 61.3 Å². The second-order valence-electron chi connectivity index (χ2n) is 12.0. The molecule has 47 heavy (non-hydrogen) atoms. The minimum atomic E-state index is -3.99. The maximum Gasteiger partial charge on any atom is 0.261 e. The Kier molecular flexibility index (Phi) is 12.6. The van der Waals surface area contributed by atoms with Gasteiger partial charge in [0.05, 0.1) is 35.3 Å². The van der Waals surface area contributed by atoms with E-state index < -0.39 is 28.1 Å². The van der Waals surface area contributed by atoms with Gasteiger partial charge in [-0.15, -0.1) is 0 Å². The number of pyridine rings is 1. The lowest BCUT2D eigenvalue weighted by Crippen LogP contribution is -2.48. The number of fused-ring (bicyclic) bond motifs is 1. The zero-order chi connectivity index (χ0) is 34.1. The van der Waals surface area contributed by atoms with E-state index in [0.717, 1.165) is 12.8 Å². The Morgan fingerprint density at radius 2 is 1.83 bits per heavy atom. The molecule has 13 heteroatoms. The lowest BCUT2D eigenvalue weighted by atomic mass is 10.0. The Morgan fingerprint density at radius 3 is 2.51 bits per heavy atom. The first kappa shape index (κ1) is 36.1. The molecule has 0 radical (unpaired) electrons. The minimum absolute atomic E-state index is 0.0148. The number of nitrogens with zero attached hydrogens (tertiary/aromatic N) is 3. The highest BCUT2D eigenvalue weighted by Crippen LogP contribution is 2.30. The molecule has 2 N–H and O–H groups in total. The third-order valence-electron chi connectivity index (χ3n) is 8.16. The average Bonchev–Trinajstić information content (AvgIpc) is 3.06. The SMILES string of the molecule is C[C@H](CO)N1C[C@H](C)[C@H](CN(C)C(=O)c2ccncc2)OCCCC[C@H](C)Oc2ccc(NS(=O)(=O)c3ccc(Cl)cc3)cc2C1=O. The molecular weight excluding hydrogens is 644 g/mol. The van der Waals surface area contributed by atoms with Crippen molar-refractivity contribution in [2.75, 3.05) is 38.1 Å². The Labute approximate surface area is 281 Å². The largest absolute Gasteiger partial charge is 0.490 e. The van der Waals surface area contributed by atoms with Gasteiger partial charge in [-0.3, -0.25) is 19.3 Å². The number of aromatic nitrogens is 1. The summed E-state index contributed by atoms with van der Waals surface area (Å²) in [4.78, 5) is 34.6. The fraction of sp³-hybridized carbons (Fsp3) is 0.441. The van der Waals surface area contributed by atoms with E-state index in [9.17, 15) is 23.1 Å². The number of carbonyl (C=O) groups excluding carboxylic acids is 2. The van der Waals surface area contributed by atoms with Gasteiger partial charge in [0.1, 0.15) is 5.75 Å². The van der Waals surface area contributed by atoms with Crippen LogP contribution in [-0.4, -0.2) is 91.7 Å². The van der Waals surface area contributed by atoms with Gasteiger partial charge in [-0.1, -0.05) is 18.5 Å². The predicted molar refractivity (Wildman–Crippen MR) is 180 cm³/mol. The van der Waals surface area contributed by atoms with Crippen LogP contribution in [0.25, 0.3) is 0 Å². The van der Waals surface area contributed by atoms with Crippen LogP contribution in [0, 0.1) is 5.92 Å². The van der Waals surface area contributed by atoms with Crippen LogP contribution in [0.4, 0.5) is 5.69 Å². The zero-order valence-electron chi connectivity index (χ0n) is 27.1. The van der Waals surface area contributed by atoms with Crippen LogP contribution in [-0.2, 0) is 14.8 Å². The molecule has 0 unspecified atom stereocenters. The summed E-state index contributed by atoms with van der Waals surface area (Å²) in [5, 5.41) is 10.6. The highest BCUT2D eigenvalue weighted by molar-refractivity contribution is 7.92. The first-order valence-electron chi connectivity index (χ1n) is 15.7. The van der Waals surface area contributed by atoms with Crippen LogP contribution in [0.5, 0.6) is 5.75 Å². The van der Waals surface area contributed by atoms with E-state index in [4.69, 9.17) is 21.1 Å². The summed E-state index contributed by atoms with van der Waals surface area (Å²) in [5.41, 5.74) is 0.835. The van der Waals surface area contributed by atoms with Gasteiger partial charge >= 0.3 is 0 Å². The molecule has 11 nitrogen and oxygen atoms in total. The van der Waals surface area contributed by atoms with E-state index in [1.54, 1.807) is 60.4 Å². The fourth-order valence-electron chi connectivity index (χ4n) is 5.34. The number of benzene rings is 2. The van der Waals surface area contributed by atoms with Gasteiger partial charge < -0.3 is 24.4 Å². The van der Waals surface area contributed by atoms with E-state index in [0.29, 0.717) is 29.4 Å². The number of anilines is 1. The smallest absolute Gasteiger partial charge is 0.261 e. The Hall–Kier alpha value is -3.71. The molecule has 2 amide bonds. The number of rotatable bonds is 8. The number of hydrogen-bond donors (Lipinski definition) is 2. The second-order valence-corrected chi connectivity index (χ2v) is 14.1. The predicted octanol–water partition coefficient (Wildman–Crippen LogP) is 5.10. The highest BCUT2D eigenvalue weighted by Gasteiger charge is 2.31. The molecule has 0 spiro atoms. The van der Waals surface area contributed by atoms with E-state index in [-0.39, 0.29) is 53.8 Å². The van der Waals surface area contributed by atoms with Gasteiger partial charge in [-0.25, -0.2) is 8.42 Å². The van der Waals surface area contributed by atoms with Crippen molar-refractivity contribution in [2.24, 2.45) is 5.92 Å². The van der Waals surface area contributed by atoms with E-state index in [1.165, 1.54) is 30.3 Å². The van der Waals surface area contributed by atoms with E-state index in [1.807, 2.05) is 13.8 Å². The van der Waals surface area contributed by atoms with Crippen LogP contribution in [0.1, 0.15) is 60.7 Å². The number of hydrogen-bond acceptors (Lipinski definition) is 8. The zero-order valence-corrected chi connectivity index (χ0v) is 28.7. The van der Waals surface area contributed by atoms with Crippen molar-refractivity contribution in [2.45, 2.75) is 63.2 Å². The third kappa shape index (κ3) is 9.66. The summed E-state index contributed by atoms with van der Waals surface area (Å²) in [6.07, 6.45) is 4.75. The number of amides is 2. The first-order valence-corrected chi connectivity index (χ1v) is 17.5. The number of aliphatic hydroxyl groups is 1. The van der Waals surface area contributed by atoms with Crippen molar-refractivity contribution >= 4 is 39.1 Å². The Bertz CT molecular complexity index is 1610. The van der Waals surface area contributed by atoms with Crippen molar-refractivity contribution in [3.05, 3.63) is 83.1 Å². The van der Waals surface area contributed by atoms with Crippen molar-refractivity contribution < 1.29 is 32.6 Å². The third-order valence-corrected chi connectivity index (χ3v) is 9.80. The van der Waals surface area contributed by atoms with Crippen molar-refractivity contribution in [3.8, 4) is 5.75 Å². The molecule has 3 aromatic rings. The average molecular weight is 687 g/mol. The molecule has 0 bridgehead atoms. The highest BCUT2D eigenvalue weighted by atomic mass is 35.5. The van der Waals surface area contributed by atoms with Crippen LogP contribution < -0.4 is 9.46 Å². The number of aliphatic hydroxyl groups excluding tert-OH is 1. The molecule has 0 fully saturated rings. The van der Waals surface area contributed by atoms with Crippen molar-refractivity contribution in [1.29, 1.82) is 0 Å². The number of carbonyl (C=O) groups is 2. The molecule has 0 aliphatic carbocycles. The summed E-state index contributed by atoms with van der Waals surface area (Å²) in [6.45, 7) is 6.23. The summed E-state index contributed by atoms with van der Waals surface area (Å²) in [5.74, 6) is -0.552. The molecule has 4 atom stereocenters. The maximum atomic E-state index is 14.3. The molecule has 2 heterocycles. The molecule has 254 valence electrons. The van der Waals surface area contributed by atoms with E-state index in [2.05, 4.69) is 9.71 Å². The van der Waals surface area contributed by atoms with Crippen molar-refractivity contribution in [3.63, 3.8) is 0 Å². The number of sulfonamides is 1. The van der Waals surface area contributed by atoms with Gasteiger partial charge in [-0.2, -0.15) is 0 Å². The minimum Gasteiger partial charge on any atom is -0.490 e.